The Hall–Kier alpha value is -1.85. The molecule has 1 N–H and O–H groups in total. The van der Waals surface area contributed by atoms with Gasteiger partial charge in [0.05, 0.1) is 6.26 Å². The van der Waals surface area contributed by atoms with Gasteiger partial charge in [-0.05, 0) is 30.2 Å². The second-order valence-corrected chi connectivity index (χ2v) is 6.74. The monoisotopic (exact) mass is 305 g/mol. The fourth-order valence-corrected chi connectivity index (χ4v) is 2.42. The summed E-state index contributed by atoms with van der Waals surface area (Å²) in [6.45, 7) is 2.63. The van der Waals surface area contributed by atoms with Gasteiger partial charge in [-0.2, -0.15) is 0 Å². The van der Waals surface area contributed by atoms with Crippen LogP contribution in [0.15, 0.2) is 48.5 Å². The molecule has 21 heavy (non-hydrogen) atoms. The van der Waals surface area contributed by atoms with E-state index in [2.05, 4.69) is 29.8 Å². The largest absolute Gasteiger partial charge is 0.492 e. The molecular formula is C16H19NO3S. The summed E-state index contributed by atoms with van der Waals surface area (Å²) in [6.07, 6.45) is 1.13. The highest BCUT2D eigenvalue weighted by atomic mass is 32.2. The van der Waals surface area contributed by atoms with Crippen LogP contribution in [-0.4, -0.2) is 27.8 Å². The molecule has 0 amide bonds. The molecule has 2 rings (SSSR count). The molecule has 2 aromatic carbocycles. The Bertz CT molecular complexity index is 694. The molecule has 0 aromatic heterocycles. The molecule has 2 aromatic rings. The third kappa shape index (κ3) is 5.21. The summed E-state index contributed by atoms with van der Waals surface area (Å²) in [7, 11) is -3.16. The molecule has 0 unspecified atom stereocenters. The zero-order valence-electron chi connectivity index (χ0n) is 12.2. The minimum absolute atomic E-state index is 0.262. The van der Waals surface area contributed by atoms with Crippen LogP contribution in [0.1, 0.15) is 5.56 Å². The average molecular weight is 305 g/mol. The molecular weight excluding hydrogens is 286 g/mol. The van der Waals surface area contributed by atoms with Crippen LogP contribution in [-0.2, 0) is 10.0 Å². The van der Waals surface area contributed by atoms with Gasteiger partial charge >= 0.3 is 0 Å². The van der Waals surface area contributed by atoms with E-state index in [0.29, 0.717) is 6.61 Å². The molecule has 4 nitrogen and oxygen atoms in total. The van der Waals surface area contributed by atoms with Crippen LogP contribution in [0.4, 0.5) is 0 Å². The summed E-state index contributed by atoms with van der Waals surface area (Å²) < 4.78 is 29.7. The first-order valence-corrected chi connectivity index (χ1v) is 8.58. The highest BCUT2D eigenvalue weighted by molar-refractivity contribution is 7.88. The van der Waals surface area contributed by atoms with E-state index in [1.165, 1.54) is 11.1 Å². The predicted molar refractivity (Wildman–Crippen MR) is 85.0 cm³/mol. The van der Waals surface area contributed by atoms with Gasteiger partial charge in [0, 0.05) is 6.54 Å². The zero-order valence-corrected chi connectivity index (χ0v) is 13.0. The van der Waals surface area contributed by atoms with Crippen molar-refractivity contribution in [1.82, 2.24) is 4.72 Å². The first-order valence-electron chi connectivity index (χ1n) is 6.68. The number of benzene rings is 2. The van der Waals surface area contributed by atoms with Gasteiger partial charge in [-0.3, -0.25) is 0 Å². The Morgan fingerprint density at radius 3 is 2.38 bits per heavy atom. The average Bonchev–Trinajstić information content (AvgIpc) is 2.43. The second-order valence-electron chi connectivity index (χ2n) is 4.91. The minimum atomic E-state index is -3.16. The van der Waals surface area contributed by atoms with Gasteiger partial charge in [-0.25, -0.2) is 13.1 Å². The predicted octanol–water partition coefficient (Wildman–Crippen LogP) is 2.59. The van der Waals surface area contributed by atoms with Crippen molar-refractivity contribution in [2.75, 3.05) is 19.4 Å². The highest BCUT2D eigenvalue weighted by Gasteiger charge is 2.01. The molecule has 112 valence electrons. The number of hydrogen-bond acceptors (Lipinski definition) is 3. The van der Waals surface area contributed by atoms with E-state index >= 15 is 0 Å². The summed E-state index contributed by atoms with van der Waals surface area (Å²) in [5.41, 5.74) is 3.51. The Morgan fingerprint density at radius 2 is 1.76 bits per heavy atom. The fraction of sp³-hybridized carbons (Fsp3) is 0.250. The number of hydrogen-bond donors (Lipinski definition) is 1. The van der Waals surface area contributed by atoms with Crippen molar-refractivity contribution in [2.45, 2.75) is 6.92 Å². The second kappa shape index (κ2) is 6.74. The minimum Gasteiger partial charge on any atom is -0.492 e. The van der Waals surface area contributed by atoms with Crippen LogP contribution < -0.4 is 9.46 Å². The van der Waals surface area contributed by atoms with Gasteiger partial charge in [0.2, 0.25) is 10.0 Å². The van der Waals surface area contributed by atoms with Gasteiger partial charge in [-0.15, -0.1) is 0 Å². The van der Waals surface area contributed by atoms with Crippen LogP contribution in [0.3, 0.4) is 0 Å². The topological polar surface area (TPSA) is 55.4 Å². The van der Waals surface area contributed by atoms with Crippen molar-refractivity contribution in [2.24, 2.45) is 0 Å². The molecule has 0 radical (unpaired) electrons. The fourth-order valence-electron chi connectivity index (χ4n) is 1.96. The number of aryl methyl sites for hydroxylation is 1. The van der Waals surface area contributed by atoms with Gasteiger partial charge < -0.3 is 4.74 Å². The van der Waals surface area contributed by atoms with E-state index in [1.54, 1.807) is 0 Å². The number of sulfonamides is 1. The number of ether oxygens (including phenoxy) is 1. The molecule has 0 atom stereocenters. The van der Waals surface area contributed by atoms with E-state index in [-0.39, 0.29) is 6.54 Å². The molecule has 0 spiro atoms. The van der Waals surface area contributed by atoms with E-state index in [9.17, 15) is 8.42 Å². The first-order chi connectivity index (χ1) is 9.94. The van der Waals surface area contributed by atoms with Crippen molar-refractivity contribution >= 4 is 10.0 Å². The van der Waals surface area contributed by atoms with Gasteiger partial charge in [0.15, 0.2) is 0 Å². The SMILES string of the molecule is Cc1cccc(-c2ccc(OCCNS(C)(=O)=O)cc2)c1. The lowest BCUT2D eigenvalue weighted by molar-refractivity contribution is 0.323. The maximum atomic E-state index is 10.9. The van der Waals surface area contributed by atoms with Gasteiger partial charge in [0.25, 0.3) is 0 Å². The molecule has 0 aliphatic heterocycles. The molecule has 0 saturated carbocycles. The van der Waals surface area contributed by atoms with Crippen LogP contribution in [0.5, 0.6) is 5.75 Å². The Morgan fingerprint density at radius 1 is 1.05 bits per heavy atom. The number of nitrogens with one attached hydrogen (secondary N) is 1. The lowest BCUT2D eigenvalue weighted by Gasteiger charge is -2.08. The first kappa shape index (κ1) is 15.5. The maximum Gasteiger partial charge on any atom is 0.208 e. The Kier molecular flexibility index (Phi) is 4.98. The standard InChI is InChI=1S/C16H19NO3S/c1-13-4-3-5-15(12-13)14-6-8-16(9-7-14)20-11-10-17-21(2,18)19/h3-9,12,17H,10-11H2,1-2H3. The van der Waals surface area contributed by atoms with E-state index in [0.717, 1.165) is 17.6 Å². The smallest absolute Gasteiger partial charge is 0.208 e. The van der Waals surface area contributed by atoms with Crippen LogP contribution >= 0.6 is 0 Å². The van der Waals surface area contributed by atoms with Crippen molar-refractivity contribution in [3.8, 4) is 16.9 Å². The maximum absolute atomic E-state index is 10.9. The zero-order chi connectivity index (χ0) is 15.3. The Balaban J connectivity index is 1.93. The van der Waals surface area contributed by atoms with Crippen molar-refractivity contribution in [3.63, 3.8) is 0 Å². The lowest BCUT2D eigenvalue weighted by atomic mass is 10.0. The molecule has 0 aliphatic carbocycles. The molecule has 5 heteroatoms. The van der Waals surface area contributed by atoms with E-state index < -0.39 is 10.0 Å². The molecule has 0 saturated heterocycles. The summed E-state index contributed by atoms with van der Waals surface area (Å²) in [4.78, 5) is 0. The Labute approximate surface area is 125 Å². The normalized spacial score (nSPS) is 11.3. The van der Waals surface area contributed by atoms with Crippen molar-refractivity contribution < 1.29 is 13.2 Å². The molecule has 0 heterocycles. The lowest BCUT2D eigenvalue weighted by Crippen LogP contribution is -2.26. The number of rotatable bonds is 6. The quantitative estimate of drug-likeness (QED) is 0.835. The molecule has 0 aliphatic rings. The van der Waals surface area contributed by atoms with Crippen molar-refractivity contribution in [3.05, 3.63) is 54.1 Å². The van der Waals surface area contributed by atoms with Crippen LogP contribution in [0.25, 0.3) is 11.1 Å². The molecule has 0 bridgehead atoms. The van der Waals surface area contributed by atoms with Gasteiger partial charge in [0.1, 0.15) is 12.4 Å². The van der Waals surface area contributed by atoms with E-state index in [4.69, 9.17) is 4.74 Å². The van der Waals surface area contributed by atoms with Crippen LogP contribution in [0.2, 0.25) is 0 Å². The van der Waals surface area contributed by atoms with E-state index in [1.807, 2.05) is 30.3 Å². The molecule has 0 fully saturated rings. The van der Waals surface area contributed by atoms with Crippen molar-refractivity contribution in [1.29, 1.82) is 0 Å². The van der Waals surface area contributed by atoms with Gasteiger partial charge in [-0.1, -0.05) is 42.0 Å². The third-order valence-electron chi connectivity index (χ3n) is 2.94. The summed E-state index contributed by atoms with van der Waals surface area (Å²) in [6, 6.07) is 16.1. The highest BCUT2D eigenvalue weighted by Crippen LogP contribution is 2.23. The summed E-state index contributed by atoms with van der Waals surface area (Å²) in [5.74, 6) is 0.724. The summed E-state index contributed by atoms with van der Waals surface area (Å²) >= 11 is 0. The third-order valence-corrected chi connectivity index (χ3v) is 3.67. The van der Waals surface area contributed by atoms with Crippen LogP contribution in [0, 0.1) is 6.92 Å². The summed E-state index contributed by atoms with van der Waals surface area (Å²) in [5, 5.41) is 0.